The fourth-order valence-corrected chi connectivity index (χ4v) is 4.49. The molecule has 1 aromatic carbocycles. The number of hydrogen-bond donors (Lipinski definition) is 1. The number of likely N-dealkylation sites (N-methyl/N-ethyl adjacent to an activating group) is 1. The van der Waals surface area contributed by atoms with E-state index in [9.17, 15) is 14.4 Å². The van der Waals surface area contributed by atoms with E-state index < -0.39 is 6.04 Å². The third-order valence-corrected chi connectivity index (χ3v) is 6.08. The Morgan fingerprint density at radius 2 is 1.81 bits per heavy atom. The first-order valence-corrected chi connectivity index (χ1v) is 11.5. The molecule has 170 valence electrons. The molecule has 1 saturated heterocycles. The minimum absolute atomic E-state index is 0.0246. The number of benzene rings is 1. The van der Waals surface area contributed by atoms with Crippen LogP contribution in [0.3, 0.4) is 0 Å². The van der Waals surface area contributed by atoms with Gasteiger partial charge in [-0.3, -0.25) is 19.3 Å². The van der Waals surface area contributed by atoms with Gasteiger partial charge in [0, 0.05) is 52.1 Å². The Labute approximate surface area is 185 Å². The van der Waals surface area contributed by atoms with Gasteiger partial charge in [0.15, 0.2) is 0 Å². The van der Waals surface area contributed by atoms with Gasteiger partial charge in [-0.2, -0.15) is 0 Å². The molecule has 2 heterocycles. The molecule has 0 radical (unpaired) electrons. The minimum atomic E-state index is -0.448. The quantitative estimate of drug-likeness (QED) is 0.748. The zero-order valence-corrected chi connectivity index (χ0v) is 19.1. The van der Waals surface area contributed by atoms with E-state index in [4.69, 9.17) is 0 Å². The summed E-state index contributed by atoms with van der Waals surface area (Å²) in [6, 6.07) is 7.66. The summed E-state index contributed by atoms with van der Waals surface area (Å²) in [5.41, 5.74) is 2.29. The molecule has 0 aliphatic carbocycles. The minimum Gasteiger partial charge on any atom is -0.355 e. The molecular weight excluding hydrogens is 392 g/mol. The monoisotopic (exact) mass is 428 g/mol. The third-order valence-electron chi connectivity index (χ3n) is 6.08. The molecule has 1 N–H and O–H groups in total. The smallest absolute Gasteiger partial charge is 0.245 e. The summed E-state index contributed by atoms with van der Waals surface area (Å²) in [7, 11) is 0. The summed E-state index contributed by atoms with van der Waals surface area (Å²) in [6.45, 7) is 10.2. The second-order valence-corrected chi connectivity index (χ2v) is 9.02. The van der Waals surface area contributed by atoms with E-state index >= 15 is 0 Å². The number of carbonyl (C=O) groups is 3. The molecule has 1 aromatic rings. The fourth-order valence-electron chi connectivity index (χ4n) is 4.49. The topological polar surface area (TPSA) is 73.0 Å². The molecular formula is C24H36N4O3. The number of carbonyl (C=O) groups excluding carboxylic acids is 3. The predicted octanol–water partition coefficient (Wildman–Crippen LogP) is 1.66. The van der Waals surface area contributed by atoms with Crippen molar-refractivity contribution in [1.29, 1.82) is 0 Å². The normalized spacial score (nSPS) is 19.7. The van der Waals surface area contributed by atoms with Gasteiger partial charge in [-0.25, -0.2) is 0 Å². The lowest BCUT2D eigenvalue weighted by Crippen LogP contribution is -2.54. The van der Waals surface area contributed by atoms with Crippen LogP contribution in [0, 0.1) is 5.92 Å². The van der Waals surface area contributed by atoms with Gasteiger partial charge in [-0.15, -0.1) is 0 Å². The van der Waals surface area contributed by atoms with Crippen LogP contribution in [-0.2, 0) is 27.3 Å². The molecule has 7 nitrogen and oxygen atoms in total. The molecule has 3 rings (SSSR count). The van der Waals surface area contributed by atoms with Crippen molar-refractivity contribution in [3.8, 4) is 0 Å². The van der Waals surface area contributed by atoms with E-state index in [0.29, 0.717) is 52.1 Å². The first-order chi connectivity index (χ1) is 14.9. The number of fused-ring (bicyclic) bond motifs is 1. The largest absolute Gasteiger partial charge is 0.355 e. The lowest BCUT2D eigenvalue weighted by atomic mass is 9.92. The van der Waals surface area contributed by atoms with Crippen molar-refractivity contribution in [2.45, 2.75) is 52.6 Å². The highest BCUT2D eigenvalue weighted by Gasteiger charge is 2.37. The number of amides is 3. The lowest BCUT2D eigenvalue weighted by Gasteiger charge is -2.39. The highest BCUT2D eigenvalue weighted by molar-refractivity contribution is 5.88. The fraction of sp³-hybridized carbons (Fsp3) is 0.625. The van der Waals surface area contributed by atoms with Crippen LogP contribution in [0.25, 0.3) is 0 Å². The summed E-state index contributed by atoms with van der Waals surface area (Å²) in [6.07, 6.45) is 1.85. The second kappa shape index (κ2) is 10.8. The Bertz CT molecular complexity index is 795. The first-order valence-electron chi connectivity index (χ1n) is 11.5. The molecule has 3 amide bonds. The Morgan fingerprint density at radius 1 is 1.06 bits per heavy atom. The van der Waals surface area contributed by atoms with Gasteiger partial charge in [0.2, 0.25) is 17.7 Å². The maximum Gasteiger partial charge on any atom is 0.245 e. The maximum absolute atomic E-state index is 13.6. The average molecular weight is 429 g/mol. The van der Waals surface area contributed by atoms with Gasteiger partial charge in [0.05, 0.1) is 6.54 Å². The van der Waals surface area contributed by atoms with Crippen LogP contribution in [-0.4, -0.2) is 77.7 Å². The number of hydrogen-bond acceptors (Lipinski definition) is 4. The van der Waals surface area contributed by atoms with Gasteiger partial charge in [0.25, 0.3) is 0 Å². The van der Waals surface area contributed by atoms with Crippen LogP contribution in [0.1, 0.15) is 44.7 Å². The molecule has 1 fully saturated rings. The van der Waals surface area contributed by atoms with Crippen LogP contribution in [0.4, 0.5) is 0 Å². The third kappa shape index (κ3) is 6.06. The summed E-state index contributed by atoms with van der Waals surface area (Å²) in [5, 5.41) is 2.84. The van der Waals surface area contributed by atoms with E-state index in [-0.39, 0.29) is 23.6 Å². The lowest BCUT2D eigenvalue weighted by molar-refractivity contribution is -0.147. The van der Waals surface area contributed by atoms with E-state index in [0.717, 1.165) is 24.1 Å². The molecule has 1 unspecified atom stereocenters. The molecule has 31 heavy (non-hydrogen) atoms. The van der Waals surface area contributed by atoms with Gasteiger partial charge in [-0.05, 0) is 30.4 Å². The van der Waals surface area contributed by atoms with Crippen molar-refractivity contribution in [2.24, 2.45) is 5.92 Å². The van der Waals surface area contributed by atoms with Crippen LogP contribution in [0.2, 0.25) is 0 Å². The zero-order valence-electron chi connectivity index (χ0n) is 19.1. The molecule has 2 aliphatic heterocycles. The SMILES string of the molecule is CCNC(=O)CN1CCCN(C(=O)C2Cc3ccccc3CN2C(=O)CC(C)C)CC1. The van der Waals surface area contributed by atoms with Gasteiger partial charge < -0.3 is 15.1 Å². The molecule has 7 heteroatoms. The number of nitrogens with one attached hydrogen (secondary N) is 1. The maximum atomic E-state index is 13.6. The number of nitrogens with zero attached hydrogens (tertiary/aromatic N) is 3. The van der Waals surface area contributed by atoms with Crippen molar-refractivity contribution in [3.05, 3.63) is 35.4 Å². The highest BCUT2D eigenvalue weighted by atomic mass is 16.2. The van der Waals surface area contributed by atoms with E-state index in [1.165, 1.54) is 0 Å². The summed E-state index contributed by atoms with van der Waals surface area (Å²) >= 11 is 0. The van der Waals surface area contributed by atoms with Crippen molar-refractivity contribution < 1.29 is 14.4 Å². The van der Waals surface area contributed by atoms with Gasteiger partial charge in [-0.1, -0.05) is 38.1 Å². The molecule has 0 spiro atoms. The first kappa shape index (κ1) is 23.3. The van der Waals surface area contributed by atoms with Crippen LogP contribution in [0.15, 0.2) is 24.3 Å². The van der Waals surface area contributed by atoms with E-state index in [1.807, 2.05) is 37.8 Å². The van der Waals surface area contributed by atoms with Crippen molar-refractivity contribution >= 4 is 17.7 Å². The summed E-state index contributed by atoms with van der Waals surface area (Å²) in [4.78, 5) is 44.3. The van der Waals surface area contributed by atoms with E-state index in [2.05, 4.69) is 22.3 Å². The molecule has 0 aromatic heterocycles. The zero-order chi connectivity index (χ0) is 22.4. The van der Waals surface area contributed by atoms with Crippen LogP contribution < -0.4 is 5.32 Å². The molecule has 0 saturated carbocycles. The highest BCUT2D eigenvalue weighted by Crippen LogP contribution is 2.26. The van der Waals surface area contributed by atoms with Crippen molar-refractivity contribution in [2.75, 3.05) is 39.3 Å². The Kier molecular flexibility index (Phi) is 8.07. The summed E-state index contributed by atoms with van der Waals surface area (Å²) < 4.78 is 0. The Hall–Kier alpha value is -2.41. The van der Waals surface area contributed by atoms with Crippen LogP contribution >= 0.6 is 0 Å². The standard InChI is InChI=1S/C24H36N4O3/c1-4-25-22(29)17-26-10-7-11-27(13-12-26)24(31)21-15-19-8-5-6-9-20(19)16-28(21)23(30)14-18(2)3/h5-6,8-9,18,21H,4,7,10-17H2,1-3H3,(H,25,29). The van der Waals surface area contributed by atoms with Crippen LogP contribution in [0.5, 0.6) is 0 Å². The number of rotatable bonds is 6. The molecule has 2 aliphatic rings. The molecule has 0 bridgehead atoms. The van der Waals surface area contributed by atoms with E-state index in [1.54, 1.807) is 4.90 Å². The summed E-state index contributed by atoms with van der Waals surface area (Å²) in [5.74, 6) is 0.361. The average Bonchev–Trinajstić information content (AvgIpc) is 2.97. The van der Waals surface area contributed by atoms with Gasteiger partial charge >= 0.3 is 0 Å². The van der Waals surface area contributed by atoms with Gasteiger partial charge in [0.1, 0.15) is 6.04 Å². The molecule has 1 atom stereocenters. The van der Waals surface area contributed by atoms with Crippen molar-refractivity contribution in [3.63, 3.8) is 0 Å². The predicted molar refractivity (Wildman–Crippen MR) is 120 cm³/mol. The Morgan fingerprint density at radius 3 is 2.52 bits per heavy atom. The Balaban J connectivity index is 1.71. The van der Waals surface area contributed by atoms with Crippen molar-refractivity contribution in [1.82, 2.24) is 20.0 Å². The second-order valence-electron chi connectivity index (χ2n) is 9.02.